The number of nitrogens with one attached hydrogen (secondary N) is 1. The van der Waals surface area contributed by atoms with Gasteiger partial charge in [-0.05, 0) is 60.3 Å². The molecule has 2 aromatic carbocycles. The van der Waals surface area contributed by atoms with Crippen molar-refractivity contribution in [3.63, 3.8) is 0 Å². The maximum Gasteiger partial charge on any atom is 0.245 e. The van der Waals surface area contributed by atoms with E-state index in [1.165, 1.54) is 15.9 Å². The Kier molecular flexibility index (Phi) is 5.57. The van der Waals surface area contributed by atoms with Crippen molar-refractivity contribution >= 4 is 27.0 Å². The number of amides is 1. The van der Waals surface area contributed by atoms with E-state index in [1.54, 1.807) is 12.1 Å². The van der Waals surface area contributed by atoms with Gasteiger partial charge in [0.2, 0.25) is 15.9 Å². The van der Waals surface area contributed by atoms with Crippen LogP contribution in [0.25, 0.3) is 11.0 Å². The summed E-state index contributed by atoms with van der Waals surface area (Å²) < 4.78 is 32.2. The first kappa shape index (κ1) is 20.5. The number of aromatic nitrogens is 2. The van der Waals surface area contributed by atoms with Crippen molar-refractivity contribution in [1.82, 2.24) is 19.9 Å². The van der Waals surface area contributed by atoms with Crippen LogP contribution >= 0.6 is 0 Å². The number of hydrogen-bond acceptors (Lipinski definition) is 6. The third kappa shape index (κ3) is 3.95. The minimum absolute atomic E-state index is 0.0326. The van der Waals surface area contributed by atoms with Gasteiger partial charge >= 0.3 is 0 Å². The van der Waals surface area contributed by atoms with Crippen molar-refractivity contribution in [2.75, 3.05) is 13.1 Å². The summed E-state index contributed by atoms with van der Waals surface area (Å²) in [6.07, 6.45) is 0.954. The van der Waals surface area contributed by atoms with Gasteiger partial charge in [0.05, 0.1) is 0 Å². The van der Waals surface area contributed by atoms with E-state index in [-0.39, 0.29) is 35.3 Å². The molecular weight excluding hydrogens is 404 g/mol. The first-order valence-electron chi connectivity index (χ1n) is 9.91. The van der Waals surface area contributed by atoms with E-state index in [9.17, 15) is 13.2 Å². The Bertz CT molecular complexity index is 1180. The van der Waals surface area contributed by atoms with Gasteiger partial charge in [0.15, 0.2) is 5.52 Å². The van der Waals surface area contributed by atoms with Crippen molar-refractivity contribution < 1.29 is 17.8 Å². The second kappa shape index (κ2) is 8.16. The predicted molar refractivity (Wildman–Crippen MR) is 111 cm³/mol. The van der Waals surface area contributed by atoms with Gasteiger partial charge < -0.3 is 5.32 Å². The quantitative estimate of drug-likeness (QED) is 0.670. The molecule has 4 rings (SSSR count). The lowest BCUT2D eigenvalue weighted by molar-refractivity contribution is -0.126. The molecule has 1 amide bonds. The first-order chi connectivity index (χ1) is 14.4. The summed E-state index contributed by atoms with van der Waals surface area (Å²) in [5, 5.41) is 10.4. The fourth-order valence-electron chi connectivity index (χ4n) is 3.86. The van der Waals surface area contributed by atoms with Crippen LogP contribution in [0.5, 0.6) is 0 Å². The van der Waals surface area contributed by atoms with Crippen LogP contribution in [0.2, 0.25) is 0 Å². The molecule has 9 heteroatoms. The van der Waals surface area contributed by atoms with Gasteiger partial charge in [0.1, 0.15) is 10.4 Å². The number of fused-ring (bicyclic) bond motifs is 1. The van der Waals surface area contributed by atoms with Crippen LogP contribution < -0.4 is 5.32 Å². The van der Waals surface area contributed by atoms with Crippen LogP contribution in [0.4, 0.5) is 0 Å². The third-order valence-electron chi connectivity index (χ3n) is 5.64. The highest BCUT2D eigenvalue weighted by molar-refractivity contribution is 7.89. The van der Waals surface area contributed by atoms with Gasteiger partial charge in [-0.25, -0.2) is 13.0 Å². The lowest BCUT2D eigenvalue weighted by Crippen LogP contribution is -2.42. The zero-order chi connectivity index (χ0) is 21.3. The summed E-state index contributed by atoms with van der Waals surface area (Å²) in [7, 11) is -3.73. The van der Waals surface area contributed by atoms with Crippen molar-refractivity contribution in [2.45, 2.75) is 38.1 Å². The Labute approximate surface area is 175 Å². The Morgan fingerprint density at radius 1 is 1.17 bits per heavy atom. The summed E-state index contributed by atoms with van der Waals surface area (Å²) in [5.41, 5.74) is 4.05. The lowest BCUT2D eigenvalue weighted by Gasteiger charge is -2.30. The SMILES string of the molecule is Cc1ccc(CNC(=O)C2CCN(S(=O)(=O)c3cccc4nonc34)CC2)c(C)c1. The molecular formula is C21H24N4O4S. The topological polar surface area (TPSA) is 105 Å². The molecule has 2 heterocycles. The summed E-state index contributed by atoms with van der Waals surface area (Å²) >= 11 is 0. The number of rotatable bonds is 5. The number of piperidine rings is 1. The largest absolute Gasteiger partial charge is 0.352 e. The van der Waals surface area contributed by atoms with Crippen molar-refractivity contribution in [1.29, 1.82) is 0 Å². The highest BCUT2D eigenvalue weighted by Gasteiger charge is 2.33. The molecule has 0 bridgehead atoms. The zero-order valence-corrected chi connectivity index (χ0v) is 17.8. The van der Waals surface area contributed by atoms with Crippen LogP contribution in [-0.2, 0) is 21.4 Å². The second-order valence-corrected chi connectivity index (χ2v) is 9.62. The molecule has 8 nitrogen and oxygen atoms in total. The van der Waals surface area contributed by atoms with E-state index in [4.69, 9.17) is 0 Å². The van der Waals surface area contributed by atoms with Crippen LogP contribution in [0.15, 0.2) is 45.9 Å². The number of hydrogen-bond donors (Lipinski definition) is 1. The van der Waals surface area contributed by atoms with E-state index >= 15 is 0 Å². The van der Waals surface area contributed by atoms with Crippen LogP contribution in [0, 0.1) is 19.8 Å². The number of nitrogens with zero attached hydrogens (tertiary/aromatic N) is 3. The molecule has 1 N–H and O–H groups in total. The van der Waals surface area contributed by atoms with Gasteiger partial charge in [-0.3, -0.25) is 4.79 Å². The van der Waals surface area contributed by atoms with E-state index in [0.717, 1.165) is 11.1 Å². The Hall–Kier alpha value is -2.78. The normalized spacial score (nSPS) is 16.1. The monoisotopic (exact) mass is 428 g/mol. The molecule has 0 atom stereocenters. The molecule has 0 unspecified atom stereocenters. The fourth-order valence-corrected chi connectivity index (χ4v) is 5.46. The third-order valence-corrected chi connectivity index (χ3v) is 7.57. The number of sulfonamides is 1. The van der Waals surface area contributed by atoms with Gasteiger partial charge in [0.25, 0.3) is 0 Å². The van der Waals surface area contributed by atoms with Gasteiger partial charge in [-0.1, -0.05) is 29.8 Å². The minimum atomic E-state index is -3.73. The molecule has 0 spiro atoms. The standard InChI is InChI=1S/C21H24N4O4S/c1-14-6-7-17(15(2)12-14)13-22-21(26)16-8-10-25(11-9-16)30(27,28)19-5-3-4-18-20(19)24-29-23-18/h3-7,12,16H,8-11,13H2,1-2H3,(H,22,26). The molecule has 0 radical (unpaired) electrons. The maximum atomic E-state index is 13.1. The number of carbonyl (C=O) groups excluding carboxylic acids is 1. The second-order valence-electron chi connectivity index (χ2n) is 7.71. The zero-order valence-electron chi connectivity index (χ0n) is 17.0. The van der Waals surface area contributed by atoms with Gasteiger partial charge in [-0.2, -0.15) is 4.31 Å². The van der Waals surface area contributed by atoms with E-state index in [2.05, 4.69) is 26.3 Å². The Morgan fingerprint density at radius 3 is 2.67 bits per heavy atom. The molecule has 30 heavy (non-hydrogen) atoms. The molecule has 1 aliphatic heterocycles. The summed E-state index contributed by atoms with van der Waals surface area (Å²) in [5.74, 6) is -0.235. The van der Waals surface area contributed by atoms with E-state index in [1.807, 2.05) is 26.0 Å². The van der Waals surface area contributed by atoms with Crippen LogP contribution in [0.1, 0.15) is 29.5 Å². The Balaban J connectivity index is 1.38. The molecule has 0 aliphatic carbocycles. The van der Waals surface area contributed by atoms with Crippen molar-refractivity contribution in [2.24, 2.45) is 5.92 Å². The Morgan fingerprint density at radius 2 is 1.93 bits per heavy atom. The van der Waals surface area contributed by atoms with Gasteiger partial charge in [0, 0.05) is 25.6 Å². The molecule has 1 saturated heterocycles. The van der Waals surface area contributed by atoms with Crippen LogP contribution in [-0.4, -0.2) is 42.0 Å². The maximum absolute atomic E-state index is 13.1. The fraction of sp³-hybridized carbons (Fsp3) is 0.381. The number of benzene rings is 2. The van der Waals surface area contributed by atoms with E-state index < -0.39 is 10.0 Å². The van der Waals surface area contributed by atoms with Crippen molar-refractivity contribution in [3.05, 3.63) is 53.1 Å². The van der Waals surface area contributed by atoms with Crippen LogP contribution in [0.3, 0.4) is 0 Å². The summed E-state index contributed by atoms with van der Waals surface area (Å²) in [6, 6.07) is 10.9. The predicted octanol–water partition coefficient (Wildman–Crippen LogP) is 2.56. The summed E-state index contributed by atoms with van der Waals surface area (Å²) in [4.78, 5) is 12.7. The molecule has 1 aromatic heterocycles. The molecule has 1 aliphatic rings. The average Bonchev–Trinajstić information content (AvgIpc) is 3.22. The number of carbonyl (C=O) groups is 1. The minimum Gasteiger partial charge on any atom is -0.352 e. The number of aryl methyl sites for hydroxylation is 2. The summed E-state index contributed by atoms with van der Waals surface area (Å²) in [6.45, 7) is 5.11. The highest BCUT2D eigenvalue weighted by atomic mass is 32.2. The smallest absolute Gasteiger partial charge is 0.245 e. The van der Waals surface area contributed by atoms with Crippen molar-refractivity contribution in [3.8, 4) is 0 Å². The molecule has 1 fully saturated rings. The van der Waals surface area contributed by atoms with E-state index in [0.29, 0.717) is 24.9 Å². The molecule has 0 saturated carbocycles. The molecule has 158 valence electrons. The van der Waals surface area contributed by atoms with Gasteiger partial charge in [-0.15, -0.1) is 0 Å². The average molecular weight is 429 g/mol. The highest BCUT2D eigenvalue weighted by Crippen LogP contribution is 2.27. The lowest BCUT2D eigenvalue weighted by atomic mass is 9.97. The molecule has 3 aromatic rings. The first-order valence-corrected chi connectivity index (χ1v) is 11.4.